The first-order chi connectivity index (χ1) is 17.8. The molecular formula is C27H23F3N2O4S. The van der Waals surface area contributed by atoms with Crippen molar-refractivity contribution in [3.05, 3.63) is 75.7 Å². The number of aromatic nitrogens is 2. The SMILES string of the molecule is COc1cccc(/C=C/c2nc3sccn3c(=O)c2-c2ccc(OCC(F)(F)F)cc2)c1OCC1CC1. The van der Waals surface area contributed by atoms with Gasteiger partial charge in [-0.2, -0.15) is 13.2 Å². The van der Waals surface area contributed by atoms with Crippen LogP contribution in [0, 0.1) is 5.92 Å². The molecule has 4 aromatic rings. The first-order valence-electron chi connectivity index (χ1n) is 11.6. The second kappa shape index (κ2) is 10.3. The van der Waals surface area contributed by atoms with Gasteiger partial charge < -0.3 is 14.2 Å². The van der Waals surface area contributed by atoms with E-state index in [0.717, 1.165) is 18.4 Å². The average Bonchev–Trinajstić information content (AvgIpc) is 3.59. The Morgan fingerprint density at radius 1 is 1.11 bits per heavy atom. The molecule has 5 rings (SSSR count). The van der Waals surface area contributed by atoms with E-state index in [1.807, 2.05) is 24.3 Å². The molecule has 1 saturated carbocycles. The van der Waals surface area contributed by atoms with Crippen LogP contribution in [0.25, 0.3) is 28.2 Å². The van der Waals surface area contributed by atoms with Gasteiger partial charge >= 0.3 is 6.18 Å². The molecule has 0 bridgehead atoms. The lowest BCUT2D eigenvalue weighted by molar-refractivity contribution is -0.153. The Bertz CT molecular complexity index is 1490. The van der Waals surface area contributed by atoms with Crippen LogP contribution in [-0.4, -0.2) is 35.9 Å². The fraction of sp³-hybridized carbons (Fsp3) is 0.259. The lowest BCUT2D eigenvalue weighted by atomic mass is 10.0. The Morgan fingerprint density at radius 3 is 2.59 bits per heavy atom. The minimum Gasteiger partial charge on any atom is -0.493 e. The van der Waals surface area contributed by atoms with Crippen molar-refractivity contribution in [3.63, 3.8) is 0 Å². The smallest absolute Gasteiger partial charge is 0.422 e. The Hall–Kier alpha value is -3.79. The highest BCUT2D eigenvalue weighted by molar-refractivity contribution is 7.15. The zero-order valence-corrected chi connectivity index (χ0v) is 20.6. The summed E-state index contributed by atoms with van der Waals surface area (Å²) < 4.78 is 55.3. The van der Waals surface area contributed by atoms with Gasteiger partial charge in [0, 0.05) is 17.1 Å². The monoisotopic (exact) mass is 528 g/mol. The third-order valence-electron chi connectivity index (χ3n) is 5.85. The number of methoxy groups -OCH3 is 1. The van der Waals surface area contributed by atoms with Gasteiger partial charge in [0.05, 0.1) is 25.0 Å². The van der Waals surface area contributed by atoms with Crippen LogP contribution in [0.4, 0.5) is 13.2 Å². The average molecular weight is 529 g/mol. The third-order valence-corrected chi connectivity index (χ3v) is 6.61. The molecule has 0 radical (unpaired) electrons. The zero-order chi connectivity index (χ0) is 26.0. The minimum atomic E-state index is -4.44. The minimum absolute atomic E-state index is 0.0525. The number of benzene rings is 2. The van der Waals surface area contributed by atoms with Gasteiger partial charge in [-0.25, -0.2) is 4.98 Å². The Morgan fingerprint density at radius 2 is 1.89 bits per heavy atom. The molecule has 0 N–H and O–H groups in total. The number of hydrogen-bond donors (Lipinski definition) is 0. The van der Waals surface area contributed by atoms with Gasteiger partial charge in [0.1, 0.15) is 5.75 Å². The highest BCUT2D eigenvalue weighted by Gasteiger charge is 2.28. The van der Waals surface area contributed by atoms with Crippen molar-refractivity contribution in [2.75, 3.05) is 20.3 Å². The molecule has 192 valence electrons. The van der Waals surface area contributed by atoms with Crippen molar-refractivity contribution in [1.29, 1.82) is 0 Å². The van der Waals surface area contributed by atoms with Gasteiger partial charge in [0.2, 0.25) is 0 Å². The summed E-state index contributed by atoms with van der Waals surface area (Å²) in [5.74, 6) is 1.84. The van der Waals surface area contributed by atoms with Crippen LogP contribution in [0.15, 0.2) is 58.8 Å². The van der Waals surface area contributed by atoms with Crippen LogP contribution < -0.4 is 19.8 Å². The highest BCUT2D eigenvalue weighted by atomic mass is 32.1. The summed E-state index contributed by atoms with van der Waals surface area (Å²) in [6.07, 6.45) is 3.06. The maximum absolute atomic E-state index is 13.4. The van der Waals surface area contributed by atoms with Gasteiger partial charge in [0.25, 0.3) is 5.56 Å². The van der Waals surface area contributed by atoms with Crippen molar-refractivity contribution in [1.82, 2.24) is 9.38 Å². The van der Waals surface area contributed by atoms with E-state index in [4.69, 9.17) is 14.2 Å². The Balaban J connectivity index is 1.52. The maximum Gasteiger partial charge on any atom is 0.422 e. The van der Waals surface area contributed by atoms with Gasteiger partial charge in [-0.1, -0.05) is 24.3 Å². The molecule has 1 aliphatic rings. The summed E-state index contributed by atoms with van der Waals surface area (Å²) >= 11 is 1.33. The standard InChI is InChI=1S/C27H23F3N2O4S/c1-34-22-4-2-3-19(24(22)35-15-17-5-6-17)9-12-21-23(25(33)32-13-14-37-26(32)31-21)18-7-10-20(11-8-18)36-16-27(28,29)30/h2-4,7-14,17H,5-6,15-16H2,1H3/b12-9+. The van der Waals surface area contributed by atoms with Crippen LogP contribution in [0.3, 0.4) is 0 Å². The molecule has 0 spiro atoms. The molecule has 37 heavy (non-hydrogen) atoms. The molecule has 2 aromatic carbocycles. The predicted octanol–water partition coefficient (Wildman–Crippen LogP) is 6.33. The van der Waals surface area contributed by atoms with Crippen LogP contribution in [0.2, 0.25) is 0 Å². The topological polar surface area (TPSA) is 62.1 Å². The number of rotatable bonds is 9. The van der Waals surface area contributed by atoms with Crippen LogP contribution >= 0.6 is 11.3 Å². The summed E-state index contributed by atoms with van der Waals surface area (Å²) in [6.45, 7) is -0.785. The summed E-state index contributed by atoms with van der Waals surface area (Å²) in [4.78, 5) is 18.6. The highest BCUT2D eigenvalue weighted by Crippen LogP contribution is 2.36. The summed E-state index contributed by atoms with van der Waals surface area (Å²) in [5.41, 5.74) is 1.74. The van der Waals surface area contributed by atoms with Gasteiger partial charge in [-0.3, -0.25) is 9.20 Å². The Labute approximate surface area is 214 Å². The third kappa shape index (κ3) is 5.80. The van der Waals surface area contributed by atoms with Gasteiger partial charge in [-0.05, 0) is 54.7 Å². The fourth-order valence-corrected chi connectivity index (χ4v) is 4.52. The molecular weight excluding hydrogens is 505 g/mol. The lowest BCUT2D eigenvalue weighted by Crippen LogP contribution is -2.19. The molecule has 1 fully saturated rings. The molecule has 2 aromatic heterocycles. The molecule has 0 aliphatic heterocycles. The van der Waals surface area contributed by atoms with Gasteiger partial charge in [-0.15, -0.1) is 11.3 Å². The summed E-state index contributed by atoms with van der Waals surface area (Å²) in [5, 5.41) is 1.76. The lowest BCUT2D eigenvalue weighted by Gasteiger charge is -2.13. The van der Waals surface area contributed by atoms with Crippen molar-refractivity contribution >= 4 is 28.4 Å². The van der Waals surface area contributed by atoms with Crippen molar-refractivity contribution in [3.8, 4) is 28.4 Å². The predicted molar refractivity (Wildman–Crippen MR) is 136 cm³/mol. The van der Waals surface area contributed by atoms with E-state index in [-0.39, 0.29) is 11.3 Å². The Kier molecular flexibility index (Phi) is 6.92. The van der Waals surface area contributed by atoms with E-state index in [2.05, 4.69) is 4.98 Å². The fourth-order valence-electron chi connectivity index (χ4n) is 3.81. The summed E-state index contributed by atoms with van der Waals surface area (Å²) in [6, 6.07) is 11.5. The van der Waals surface area contributed by atoms with E-state index < -0.39 is 12.8 Å². The largest absolute Gasteiger partial charge is 0.493 e. The number of nitrogens with zero attached hydrogens (tertiary/aromatic N) is 2. The quantitative estimate of drug-likeness (QED) is 0.254. The van der Waals surface area contributed by atoms with E-state index in [9.17, 15) is 18.0 Å². The van der Waals surface area contributed by atoms with E-state index in [1.54, 1.807) is 36.9 Å². The zero-order valence-electron chi connectivity index (χ0n) is 19.8. The van der Waals surface area contributed by atoms with Crippen LogP contribution in [0.5, 0.6) is 17.2 Å². The number of fused-ring (bicyclic) bond motifs is 1. The number of ether oxygens (including phenoxy) is 3. The first-order valence-corrected chi connectivity index (χ1v) is 12.5. The number of para-hydroxylation sites is 1. The number of hydrogen-bond acceptors (Lipinski definition) is 6. The van der Waals surface area contributed by atoms with Crippen molar-refractivity contribution in [2.24, 2.45) is 5.92 Å². The summed E-state index contributed by atoms with van der Waals surface area (Å²) in [7, 11) is 1.58. The van der Waals surface area contributed by atoms with E-state index in [0.29, 0.717) is 45.8 Å². The number of thiazole rings is 1. The van der Waals surface area contributed by atoms with Gasteiger partial charge in [0.15, 0.2) is 23.1 Å². The molecule has 6 nitrogen and oxygen atoms in total. The number of halogens is 3. The maximum atomic E-state index is 13.4. The second-order valence-electron chi connectivity index (χ2n) is 8.63. The molecule has 2 heterocycles. The van der Waals surface area contributed by atoms with Crippen LogP contribution in [0.1, 0.15) is 24.1 Å². The molecule has 1 aliphatic carbocycles. The molecule has 0 saturated heterocycles. The van der Waals surface area contributed by atoms with E-state index in [1.165, 1.54) is 27.9 Å². The number of alkyl halides is 3. The van der Waals surface area contributed by atoms with E-state index >= 15 is 0 Å². The molecule has 0 amide bonds. The molecule has 0 unspecified atom stereocenters. The second-order valence-corrected chi connectivity index (χ2v) is 9.50. The molecule has 0 atom stereocenters. The van der Waals surface area contributed by atoms with Crippen molar-refractivity contribution in [2.45, 2.75) is 19.0 Å². The van der Waals surface area contributed by atoms with Crippen LogP contribution in [-0.2, 0) is 0 Å². The first kappa shape index (κ1) is 24.9. The van der Waals surface area contributed by atoms with Crippen molar-refractivity contribution < 1.29 is 27.4 Å². The normalized spacial score (nSPS) is 13.8. The molecule has 10 heteroatoms.